The Labute approximate surface area is 88.8 Å². The van der Waals surface area contributed by atoms with Gasteiger partial charge in [-0.15, -0.1) is 0 Å². The van der Waals surface area contributed by atoms with Gasteiger partial charge in [0.05, 0.1) is 38.5 Å². The van der Waals surface area contributed by atoms with Crippen molar-refractivity contribution in [1.82, 2.24) is 4.90 Å². The Morgan fingerprint density at radius 3 is 1.53 bits per heavy atom. The highest BCUT2D eigenvalue weighted by atomic mass is 16.3. The second-order valence-corrected chi connectivity index (χ2v) is 3.19. The van der Waals surface area contributed by atoms with Gasteiger partial charge in [-0.3, -0.25) is 4.79 Å². The second kappa shape index (κ2) is 7.58. The van der Waals surface area contributed by atoms with Crippen LogP contribution in [0.5, 0.6) is 0 Å². The summed E-state index contributed by atoms with van der Waals surface area (Å²) < 4.78 is 0. The summed E-state index contributed by atoms with van der Waals surface area (Å²) in [6.07, 6.45) is 0.187. The first-order valence-electron chi connectivity index (χ1n) is 4.90. The van der Waals surface area contributed by atoms with Crippen molar-refractivity contribution >= 4 is 5.91 Å². The second-order valence-electron chi connectivity index (χ2n) is 3.19. The van der Waals surface area contributed by atoms with Crippen molar-refractivity contribution in [2.75, 3.05) is 26.4 Å². The lowest BCUT2D eigenvalue weighted by molar-refractivity contribution is -0.141. The van der Waals surface area contributed by atoms with E-state index in [0.29, 0.717) is 0 Å². The maximum Gasteiger partial charge on any atom is 0.223 e. The van der Waals surface area contributed by atoms with Crippen LogP contribution in [-0.4, -0.2) is 69.7 Å². The first-order valence-corrected chi connectivity index (χ1v) is 4.90. The van der Waals surface area contributed by atoms with Gasteiger partial charge in [0.25, 0.3) is 0 Å². The molecule has 6 nitrogen and oxygen atoms in total. The van der Waals surface area contributed by atoms with E-state index in [1.165, 1.54) is 0 Å². The minimum absolute atomic E-state index is 0.187. The average molecular weight is 221 g/mol. The Morgan fingerprint density at radius 1 is 1.00 bits per heavy atom. The first kappa shape index (κ1) is 14.3. The summed E-state index contributed by atoms with van der Waals surface area (Å²) in [6.45, 7) is 0.0158. The molecule has 0 aromatic heterocycles. The van der Waals surface area contributed by atoms with Crippen LogP contribution in [0.2, 0.25) is 0 Å². The largest absolute Gasteiger partial charge is 0.394 e. The summed E-state index contributed by atoms with van der Waals surface area (Å²) in [7, 11) is 0. The molecule has 1 amide bonds. The van der Waals surface area contributed by atoms with E-state index in [-0.39, 0.29) is 12.3 Å². The maximum absolute atomic E-state index is 11.5. The van der Waals surface area contributed by atoms with Crippen LogP contribution in [0.1, 0.15) is 13.3 Å². The van der Waals surface area contributed by atoms with Crippen LogP contribution in [0, 0.1) is 0 Å². The number of rotatable bonds is 7. The molecule has 0 fully saturated rings. The Morgan fingerprint density at radius 2 is 1.33 bits per heavy atom. The van der Waals surface area contributed by atoms with Crippen molar-refractivity contribution in [1.29, 1.82) is 0 Å². The first-order chi connectivity index (χ1) is 7.15. The van der Waals surface area contributed by atoms with Crippen LogP contribution in [0.25, 0.3) is 0 Å². The highest BCUT2D eigenvalue weighted by Crippen LogP contribution is 2.08. The Kier molecular flexibility index (Phi) is 7.23. The van der Waals surface area contributed by atoms with E-state index in [4.69, 9.17) is 20.4 Å². The highest BCUT2D eigenvalue weighted by Gasteiger charge is 2.28. The Balaban J connectivity index is 4.75. The summed E-state index contributed by atoms with van der Waals surface area (Å²) in [4.78, 5) is 12.7. The fraction of sp³-hybridized carbons (Fsp3) is 0.889. The fourth-order valence-electron chi connectivity index (χ4n) is 1.36. The molecule has 0 rings (SSSR count). The number of nitrogens with zero attached hydrogens (tertiary/aromatic N) is 1. The van der Waals surface area contributed by atoms with Crippen molar-refractivity contribution in [3.8, 4) is 0 Å². The van der Waals surface area contributed by atoms with Gasteiger partial charge in [0.1, 0.15) is 0 Å². The predicted molar refractivity (Wildman–Crippen MR) is 53.1 cm³/mol. The molecular weight excluding hydrogens is 202 g/mol. The molecule has 0 aromatic rings. The van der Waals surface area contributed by atoms with Crippen molar-refractivity contribution in [3.05, 3.63) is 0 Å². The van der Waals surface area contributed by atoms with Crippen molar-refractivity contribution in [2.45, 2.75) is 25.4 Å². The van der Waals surface area contributed by atoms with Gasteiger partial charge >= 0.3 is 0 Å². The van der Waals surface area contributed by atoms with Crippen molar-refractivity contribution in [2.24, 2.45) is 0 Å². The van der Waals surface area contributed by atoms with Crippen LogP contribution in [0.15, 0.2) is 0 Å². The van der Waals surface area contributed by atoms with E-state index >= 15 is 0 Å². The third-order valence-corrected chi connectivity index (χ3v) is 2.22. The average Bonchev–Trinajstić information content (AvgIpc) is 2.28. The summed E-state index contributed by atoms with van der Waals surface area (Å²) in [6, 6.07) is -1.55. The zero-order valence-corrected chi connectivity index (χ0v) is 8.83. The number of aliphatic hydroxyl groups excluding tert-OH is 4. The van der Waals surface area contributed by atoms with Gasteiger partial charge in [-0.1, -0.05) is 6.92 Å². The number of hydrogen-bond acceptors (Lipinski definition) is 5. The number of carbonyl (C=O) groups is 1. The Hall–Kier alpha value is -0.690. The lowest BCUT2D eigenvalue weighted by atomic mass is 10.1. The van der Waals surface area contributed by atoms with Crippen LogP contribution in [0.4, 0.5) is 0 Å². The van der Waals surface area contributed by atoms with Gasteiger partial charge in [-0.2, -0.15) is 0 Å². The molecule has 6 heteroatoms. The third kappa shape index (κ3) is 3.75. The number of aliphatic hydroxyl groups is 4. The molecule has 15 heavy (non-hydrogen) atoms. The molecule has 0 saturated carbocycles. The van der Waals surface area contributed by atoms with Gasteiger partial charge in [0.15, 0.2) is 0 Å². The van der Waals surface area contributed by atoms with E-state index in [9.17, 15) is 4.79 Å². The molecule has 0 aliphatic heterocycles. The summed E-state index contributed by atoms with van der Waals surface area (Å²) >= 11 is 0. The zero-order valence-electron chi connectivity index (χ0n) is 8.83. The van der Waals surface area contributed by atoms with Crippen molar-refractivity contribution in [3.63, 3.8) is 0 Å². The molecule has 0 aromatic carbocycles. The lowest BCUT2D eigenvalue weighted by Crippen LogP contribution is -2.53. The molecule has 0 aliphatic carbocycles. The van der Waals surface area contributed by atoms with Crippen molar-refractivity contribution < 1.29 is 25.2 Å². The topological polar surface area (TPSA) is 101 Å². The Bertz CT molecular complexity index is 167. The van der Waals surface area contributed by atoms with Gasteiger partial charge in [0, 0.05) is 6.42 Å². The normalized spacial score (nSPS) is 11.1. The molecule has 0 aliphatic rings. The SMILES string of the molecule is CCC(=O)N(C(CO)CO)C(CO)CO. The van der Waals surface area contributed by atoms with Crippen LogP contribution < -0.4 is 0 Å². The highest BCUT2D eigenvalue weighted by molar-refractivity contribution is 5.76. The molecular formula is C9H19NO5. The van der Waals surface area contributed by atoms with Crippen LogP contribution in [0.3, 0.4) is 0 Å². The van der Waals surface area contributed by atoms with E-state index in [0.717, 1.165) is 4.90 Å². The molecule has 0 bridgehead atoms. The molecule has 0 saturated heterocycles. The smallest absolute Gasteiger partial charge is 0.223 e. The van der Waals surface area contributed by atoms with Gasteiger partial charge in [0.2, 0.25) is 5.91 Å². The van der Waals surface area contributed by atoms with Gasteiger partial charge in [-0.05, 0) is 0 Å². The zero-order chi connectivity index (χ0) is 11.8. The minimum Gasteiger partial charge on any atom is -0.394 e. The summed E-state index contributed by atoms with van der Waals surface area (Å²) in [5, 5.41) is 35.9. The van der Waals surface area contributed by atoms with E-state index in [1.807, 2.05) is 0 Å². The standard InChI is InChI=1S/C9H19NO5/c1-2-9(15)10(7(3-11)4-12)8(5-13)6-14/h7-8,11-14H,2-6H2,1H3. The quantitative estimate of drug-likeness (QED) is 0.396. The number of carbonyl (C=O) groups excluding carboxylic acids is 1. The van der Waals surface area contributed by atoms with Gasteiger partial charge in [-0.25, -0.2) is 0 Å². The number of amides is 1. The maximum atomic E-state index is 11.5. The summed E-state index contributed by atoms with van der Waals surface area (Å²) in [5.41, 5.74) is 0. The van der Waals surface area contributed by atoms with Gasteiger partial charge < -0.3 is 25.3 Å². The molecule has 4 N–H and O–H groups in total. The van der Waals surface area contributed by atoms with Crippen LogP contribution >= 0.6 is 0 Å². The molecule has 0 atom stereocenters. The van der Waals surface area contributed by atoms with E-state index in [1.54, 1.807) is 6.92 Å². The molecule has 0 spiro atoms. The lowest BCUT2D eigenvalue weighted by Gasteiger charge is -2.34. The molecule has 0 radical (unpaired) electrons. The van der Waals surface area contributed by atoms with E-state index < -0.39 is 38.5 Å². The number of hydrogen-bond donors (Lipinski definition) is 4. The summed E-state index contributed by atoms with van der Waals surface area (Å²) in [5.74, 6) is -0.323. The third-order valence-electron chi connectivity index (χ3n) is 2.22. The minimum atomic E-state index is -0.776. The molecule has 0 heterocycles. The fourth-order valence-corrected chi connectivity index (χ4v) is 1.36. The predicted octanol–water partition coefficient (Wildman–Crippen LogP) is -2.07. The van der Waals surface area contributed by atoms with E-state index in [2.05, 4.69) is 0 Å². The monoisotopic (exact) mass is 221 g/mol. The molecule has 90 valence electrons. The van der Waals surface area contributed by atoms with Crippen LogP contribution in [-0.2, 0) is 4.79 Å². The molecule has 0 unspecified atom stereocenters.